The van der Waals surface area contributed by atoms with Gasteiger partial charge in [0.15, 0.2) is 0 Å². The standard InChI is InChI=1S/C64H60BN3O/c1-40-32-56-60-57(33-40)68(44-24-27-48-49(35-44)62(4,5)31-30-61(48,2)3)55-38-51-50(63(6,7)39-64(51,8)9)37-53(55)65(60)52-28-25-45(66(41-18-12-10-13-19-41)42-20-14-11-15-21-42)36-54(52)67(56)43-26-29-59-47(34-43)46-22-16-17-23-58(46)69-59/h10-29,32-38H,30-31,39H2,1-9H3. The molecule has 1 aromatic heterocycles. The first-order chi connectivity index (χ1) is 33.1. The Hall–Kier alpha value is -6.98. The molecule has 8 aromatic carbocycles. The van der Waals surface area contributed by atoms with Crippen LogP contribution in [-0.2, 0) is 21.7 Å². The fourth-order valence-electron chi connectivity index (χ4n) is 13.4. The van der Waals surface area contributed by atoms with Crippen molar-refractivity contribution in [3.05, 3.63) is 192 Å². The van der Waals surface area contributed by atoms with E-state index >= 15 is 0 Å². The molecule has 4 aliphatic rings. The van der Waals surface area contributed by atoms with Gasteiger partial charge < -0.3 is 19.1 Å². The highest BCUT2D eigenvalue weighted by Crippen LogP contribution is 2.54. The van der Waals surface area contributed by atoms with Crippen LogP contribution >= 0.6 is 0 Å². The van der Waals surface area contributed by atoms with Crippen LogP contribution in [0.1, 0.15) is 102 Å². The number of hydrogen-bond donors (Lipinski definition) is 0. The van der Waals surface area contributed by atoms with Crippen molar-refractivity contribution in [2.45, 2.75) is 103 Å². The predicted octanol–water partition coefficient (Wildman–Crippen LogP) is 15.8. The molecule has 9 aromatic rings. The summed E-state index contributed by atoms with van der Waals surface area (Å²) in [7, 11) is 0. The Morgan fingerprint density at radius 1 is 0.435 bits per heavy atom. The molecule has 3 heterocycles. The minimum absolute atomic E-state index is 0.0136. The molecule has 0 spiro atoms. The molecule has 69 heavy (non-hydrogen) atoms. The van der Waals surface area contributed by atoms with Crippen molar-refractivity contribution in [1.29, 1.82) is 0 Å². The molecule has 2 aliphatic carbocycles. The highest BCUT2D eigenvalue weighted by Gasteiger charge is 2.49. The lowest BCUT2D eigenvalue weighted by Gasteiger charge is -2.46. The van der Waals surface area contributed by atoms with Crippen molar-refractivity contribution in [2.24, 2.45) is 0 Å². The number of rotatable bonds is 5. The number of hydrogen-bond acceptors (Lipinski definition) is 4. The van der Waals surface area contributed by atoms with Gasteiger partial charge in [-0.15, -0.1) is 0 Å². The molecule has 0 saturated carbocycles. The molecule has 13 rings (SSSR count). The lowest BCUT2D eigenvalue weighted by molar-refractivity contribution is 0.332. The monoisotopic (exact) mass is 897 g/mol. The Morgan fingerprint density at radius 3 is 1.67 bits per heavy atom. The molecule has 2 aliphatic heterocycles. The molecule has 0 atom stereocenters. The molecule has 0 radical (unpaired) electrons. The predicted molar refractivity (Wildman–Crippen MR) is 293 cm³/mol. The zero-order valence-corrected chi connectivity index (χ0v) is 41.5. The lowest BCUT2D eigenvalue weighted by Crippen LogP contribution is -2.61. The van der Waals surface area contributed by atoms with Crippen LogP contribution in [0.2, 0.25) is 0 Å². The summed E-state index contributed by atoms with van der Waals surface area (Å²) in [6, 6.07) is 61.8. The van der Waals surface area contributed by atoms with Crippen LogP contribution < -0.4 is 31.1 Å². The highest BCUT2D eigenvalue weighted by atomic mass is 16.3. The van der Waals surface area contributed by atoms with E-state index in [4.69, 9.17) is 4.42 Å². The second-order valence-corrected chi connectivity index (χ2v) is 23.2. The Balaban J connectivity index is 1.12. The second-order valence-electron chi connectivity index (χ2n) is 23.2. The quantitative estimate of drug-likeness (QED) is 0.161. The normalized spacial score (nSPS) is 17.6. The summed E-state index contributed by atoms with van der Waals surface area (Å²) in [6.07, 6.45) is 3.46. The molecular weight excluding hydrogens is 838 g/mol. The van der Waals surface area contributed by atoms with Gasteiger partial charge in [-0.05, 0) is 183 Å². The molecule has 4 nitrogen and oxygen atoms in total. The zero-order valence-electron chi connectivity index (χ0n) is 41.5. The number of nitrogens with zero attached hydrogens (tertiary/aromatic N) is 3. The van der Waals surface area contributed by atoms with Gasteiger partial charge in [-0.2, -0.15) is 0 Å². The van der Waals surface area contributed by atoms with E-state index in [0.717, 1.165) is 51.1 Å². The third kappa shape index (κ3) is 6.28. The van der Waals surface area contributed by atoms with E-state index in [1.807, 2.05) is 0 Å². The smallest absolute Gasteiger partial charge is 0.252 e. The fraction of sp³-hybridized carbons (Fsp3) is 0.250. The third-order valence-electron chi connectivity index (χ3n) is 16.7. The molecular formula is C64H60BN3O. The van der Waals surface area contributed by atoms with Crippen LogP contribution in [0.25, 0.3) is 21.9 Å². The molecule has 0 N–H and O–H groups in total. The largest absolute Gasteiger partial charge is 0.456 e. The van der Waals surface area contributed by atoms with Crippen LogP contribution in [0.4, 0.5) is 51.2 Å². The van der Waals surface area contributed by atoms with E-state index in [-0.39, 0.29) is 28.4 Å². The maximum absolute atomic E-state index is 6.47. The van der Waals surface area contributed by atoms with E-state index in [2.05, 4.69) is 241 Å². The first kappa shape index (κ1) is 42.2. The minimum Gasteiger partial charge on any atom is -0.456 e. The SMILES string of the molecule is Cc1cc2c3c(c1)N(c1ccc4c(c1)C(C)(C)CCC4(C)C)c1cc4c(cc1B3c1ccc(N(c3ccccc3)c3ccccc3)cc1N2c1ccc2oc3ccccc3c2c1)C(C)(C)CC4(C)C. The van der Waals surface area contributed by atoms with Gasteiger partial charge in [0.1, 0.15) is 11.2 Å². The fourth-order valence-corrected chi connectivity index (χ4v) is 13.4. The van der Waals surface area contributed by atoms with Crippen LogP contribution in [-0.4, -0.2) is 6.71 Å². The third-order valence-corrected chi connectivity index (χ3v) is 16.7. The van der Waals surface area contributed by atoms with Gasteiger partial charge in [-0.1, -0.05) is 128 Å². The topological polar surface area (TPSA) is 22.9 Å². The van der Waals surface area contributed by atoms with E-state index in [0.29, 0.717) is 0 Å². The van der Waals surface area contributed by atoms with Gasteiger partial charge in [-0.25, -0.2) is 0 Å². The molecule has 0 bridgehead atoms. The zero-order chi connectivity index (χ0) is 47.4. The summed E-state index contributed by atoms with van der Waals surface area (Å²) in [5, 5.41) is 2.24. The molecule has 0 saturated heterocycles. The maximum Gasteiger partial charge on any atom is 0.252 e. The molecule has 340 valence electrons. The van der Waals surface area contributed by atoms with Crippen molar-refractivity contribution in [3.8, 4) is 0 Å². The summed E-state index contributed by atoms with van der Waals surface area (Å²) >= 11 is 0. The summed E-state index contributed by atoms with van der Waals surface area (Å²) in [5.41, 5.74) is 23.9. The van der Waals surface area contributed by atoms with Crippen LogP contribution in [0.15, 0.2) is 168 Å². The van der Waals surface area contributed by atoms with E-state index in [1.54, 1.807) is 0 Å². The summed E-state index contributed by atoms with van der Waals surface area (Å²) in [5.74, 6) is 0. The van der Waals surface area contributed by atoms with Gasteiger partial charge in [0, 0.05) is 62.0 Å². The Morgan fingerprint density at radius 2 is 0.986 bits per heavy atom. The van der Waals surface area contributed by atoms with Gasteiger partial charge in [-0.3, -0.25) is 0 Å². The molecule has 0 amide bonds. The van der Waals surface area contributed by atoms with Crippen molar-refractivity contribution >= 4 is 96.2 Å². The van der Waals surface area contributed by atoms with Gasteiger partial charge in [0.25, 0.3) is 6.71 Å². The number of anilines is 9. The summed E-state index contributed by atoms with van der Waals surface area (Å²) in [4.78, 5) is 7.63. The van der Waals surface area contributed by atoms with Crippen molar-refractivity contribution in [3.63, 3.8) is 0 Å². The minimum atomic E-state index is -0.0136. The van der Waals surface area contributed by atoms with Crippen LogP contribution in [0.5, 0.6) is 0 Å². The van der Waals surface area contributed by atoms with E-state index in [1.165, 1.54) is 85.5 Å². The first-order valence-corrected chi connectivity index (χ1v) is 25.1. The Labute approximate surface area is 408 Å². The maximum atomic E-state index is 6.47. The number of benzene rings is 8. The summed E-state index contributed by atoms with van der Waals surface area (Å²) < 4.78 is 6.47. The molecule has 0 fully saturated rings. The number of fused-ring (bicyclic) bond motifs is 9. The van der Waals surface area contributed by atoms with Gasteiger partial charge in [0.05, 0.1) is 0 Å². The number of para-hydroxylation sites is 3. The number of aryl methyl sites for hydroxylation is 1. The Kier molecular flexibility index (Phi) is 8.87. The van der Waals surface area contributed by atoms with Crippen LogP contribution in [0.3, 0.4) is 0 Å². The van der Waals surface area contributed by atoms with Gasteiger partial charge >= 0.3 is 0 Å². The van der Waals surface area contributed by atoms with E-state index < -0.39 is 0 Å². The van der Waals surface area contributed by atoms with Crippen LogP contribution in [0, 0.1) is 6.92 Å². The lowest BCUT2D eigenvalue weighted by atomic mass is 9.33. The summed E-state index contributed by atoms with van der Waals surface area (Å²) in [6.45, 7) is 21.9. The Bertz CT molecular complexity index is 3540. The first-order valence-electron chi connectivity index (χ1n) is 25.1. The van der Waals surface area contributed by atoms with Crippen molar-refractivity contribution < 1.29 is 4.42 Å². The highest BCUT2D eigenvalue weighted by molar-refractivity contribution is 7.00. The average molecular weight is 898 g/mol. The van der Waals surface area contributed by atoms with E-state index in [9.17, 15) is 0 Å². The number of furan rings is 1. The van der Waals surface area contributed by atoms with Gasteiger partial charge in [0.2, 0.25) is 0 Å². The van der Waals surface area contributed by atoms with Crippen molar-refractivity contribution in [2.75, 3.05) is 14.7 Å². The molecule has 0 unspecified atom stereocenters. The molecule has 5 heteroatoms. The van der Waals surface area contributed by atoms with Crippen molar-refractivity contribution in [1.82, 2.24) is 0 Å². The average Bonchev–Trinajstić information content (AvgIpc) is 3.79. The second kappa shape index (κ2) is 14.5.